The molecule has 1 amide bonds. The number of benzene rings is 1. The molecule has 3 nitrogen and oxygen atoms in total. The lowest BCUT2D eigenvalue weighted by Crippen LogP contribution is -2.29. The molecular formula is C11H12Cl3NO2. The van der Waals surface area contributed by atoms with Crippen LogP contribution in [0.25, 0.3) is 0 Å². The Balaban J connectivity index is 2.43. The molecule has 0 aliphatic carbocycles. The quantitative estimate of drug-likeness (QED) is 0.797. The lowest BCUT2D eigenvalue weighted by Gasteiger charge is -2.18. The van der Waals surface area contributed by atoms with Crippen molar-refractivity contribution in [1.29, 1.82) is 0 Å². The second kappa shape index (κ2) is 6.34. The normalized spacial score (nSPS) is 11.1. The van der Waals surface area contributed by atoms with Crippen molar-refractivity contribution in [3.63, 3.8) is 0 Å². The van der Waals surface area contributed by atoms with Crippen molar-refractivity contribution in [2.75, 3.05) is 13.7 Å². The molecule has 0 heterocycles. The Hall–Kier alpha value is -0.640. The Morgan fingerprint density at radius 3 is 2.41 bits per heavy atom. The van der Waals surface area contributed by atoms with Crippen LogP contribution in [0.3, 0.4) is 0 Å². The second-order valence-electron chi connectivity index (χ2n) is 3.51. The summed E-state index contributed by atoms with van der Waals surface area (Å²) < 4.78 is 3.25. The van der Waals surface area contributed by atoms with E-state index < -0.39 is 9.89 Å². The molecule has 0 radical (unpaired) electrons. The summed E-state index contributed by atoms with van der Waals surface area (Å²) in [6, 6.07) is 9.54. The van der Waals surface area contributed by atoms with Crippen LogP contribution in [0, 0.1) is 0 Å². The standard InChI is InChI=1S/C11H12Cl3NO2/c1-15(7-9-5-3-2-4-6-9)10(16)17-8-11(12,13)14/h2-6H,7-8H2,1H3. The molecule has 1 aromatic carbocycles. The SMILES string of the molecule is CN(Cc1ccccc1)C(=O)OCC(Cl)(Cl)Cl. The van der Waals surface area contributed by atoms with Crippen LogP contribution in [0.2, 0.25) is 0 Å². The summed E-state index contributed by atoms with van der Waals surface area (Å²) in [4.78, 5) is 12.9. The lowest BCUT2D eigenvalue weighted by atomic mass is 10.2. The minimum Gasteiger partial charge on any atom is -0.445 e. The van der Waals surface area contributed by atoms with Gasteiger partial charge in [-0.25, -0.2) is 4.79 Å². The summed E-state index contributed by atoms with van der Waals surface area (Å²) in [5.41, 5.74) is 1.00. The Labute approximate surface area is 115 Å². The number of halogens is 3. The third kappa shape index (κ3) is 6.01. The maximum absolute atomic E-state index is 11.5. The fourth-order valence-electron chi connectivity index (χ4n) is 1.18. The van der Waals surface area contributed by atoms with Gasteiger partial charge >= 0.3 is 6.09 Å². The van der Waals surface area contributed by atoms with E-state index in [0.29, 0.717) is 6.54 Å². The molecule has 6 heteroatoms. The zero-order valence-corrected chi connectivity index (χ0v) is 11.5. The first-order chi connectivity index (χ1) is 7.88. The first-order valence-electron chi connectivity index (χ1n) is 4.87. The summed E-state index contributed by atoms with van der Waals surface area (Å²) in [5.74, 6) is 0. The van der Waals surface area contributed by atoms with Gasteiger partial charge in [-0.05, 0) is 5.56 Å². The predicted molar refractivity (Wildman–Crippen MR) is 69.5 cm³/mol. The van der Waals surface area contributed by atoms with E-state index in [-0.39, 0.29) is 6.61 Å². The van der Waals surface area contributed by atoms with Gasteiger partial charge in [0, 0.05) is 13.6 Å². The highest BCUT2D eigenvalue weighted by atomic mass is 35.6. The van der Waals surface area contributed by atoms with Crippen LogP contribution in [-0.2, 0) is 11.3 Å². The fraction of sp³-hybridized carbons (Fsp3) is 0.364. The zero-order valence-electron chi connectivity index (χ0n) is 9.20. The van der Waals surface area contributed by atoms with Gasteiger partial charge in [0.2, 0.25) is 3.79 Å². The van der Waals surface area contributed by atoms with Crippen molar-refractivity contribution in [1.82, 2.24) is 4.90 Å². The third-order valence-corrected chi connectivity index (χ3v) is 2.26. The molecule has 0 aliphatic rings. The van der Waals surface area contributed by atoms with Crippen LogP contribution in [-0.4, -0.2) is 28.4 Å². The van der Waals surface area contributed by atoms with E-state index >= 15 is 0 Å². The third-order valence-electron chi connectivity index (χ3n) is 1.93. The smallest absolute Gasteiger partial charge is 0.409 e. The molecule has 1 rings (SSSR count). The van der Waals surface area contributed by atoms with Crippen LogP contribution < -0.4 is 0 Å². The highest BCUT2D eigenvalue weighted by Crippen LogP contribution is 2.26. The maximum Gasteiger partial charge on any atom is 0.409 e. The van der Waals surface area contributed by atoms with Crippen LogP contribution >= 0.6 is 34.8 Å². The Bertz CT molecular complexity index is 365. The molecule has 0 saturated heterocycles. The van der Waals surface area contributed by atoms with Gasteiger partial charge in [0.05, 0.1) is 0 Å². The molecule has 94 valence electrons. The van der Waals surface area contributed by atoms with Crippen molar-refractivity contribution in [3.05, 3.63) is 35.9 Å². The first-order valence-corrected chi connectivity index (χ1v) is 6.00. The number of nitrogens with zero attached hydrogens (tertiary/aromatic N) is 1. The van der Waals surface area contributed by atoms with Gasteiger partial charge in [-0.15, -0.1) is 0 Å². The van der Waals surface area contributed by atoms with Crippen molar-refractivity contribution < 1.29 is 9.53 Å². The Kier molecular flexibility index (Phi) is 5.37. The van der Waals surface area contributed by atoms with Crippen molar-refractivity contribution in [2.45, 2.75) is 10.3 Å². The minimum absolute atomic E-state index is 0.268. The monoisotopic (exact) mass is 295 g/mol. The number of carbonyl (C=O) groups is 1. The van der Waals surface area contributed by atoms with Crippen molar-refractivity contribution >= 4 is 40.9 Å². The first kappa shape index (κ1) is 14.4. The van der Waals surface area contributed by atoms with Crippen LogP contribution in [0.15, 0.2) is 30.3 Å². The summed E-state index contributed by atoms with van der Waals surface area (Å²) >= 11 is 16.4. The van der Waals surface area contributed by atoms with Crippen LogP contribution in [0.5, 0.6) is 0 Å². The largest absolute Gasteiger partial charge is 0.445 e. The Morgan fingerprint density at radius 1 is 1.29 bits per heavy atom. The van der Waals surface area contributed by atoms with Gasteiger partial charge in [-0.1, -0.05) is 65.1 Å². The molecule has 0 spiro atoms. The summed E-state index contributed by atoms with van der Waals surface area (Å²) in [7, 11) is 1.62. The number of ether oxygens (including phenoxy) is 1. The number of alkyl halides is 3. The molecule has 0 saturated carbocycles. The molecule has 0 fully saturated rings. The van der Waals surface area contributed by atoms with Gasteiger partial charge < -0.3 is 9.64 Å². The topological polar surface area (TPSA) is 29.5 Å². The summed E-state index contributed by atoms with van der Waals surface area (Å²) in [5, 5.41) is 0. The molecule has 0 unspecified atom stereocenters. The van der Waals surface area contributed by atoms with Gasteiger partial charge in [-0.3, -0.25) is 0 Å². The van der Waals surface area contributed by atoms with Crippen LogP contribution in [0.1, 0.15) is 5.56 Å². The minimum atomic E-state index is -1.58. The second-order valence-corrected chi connectivity index (χ2v) is 6.03. The van der Waals surface area contributed by atoms with Gasteiger partial charge in [0.15, 0.2) is 0 Å². The van der Waals surface area contributed by atoms with E-state index in [1.807, 2.05) is 30.3 Å². The van der Waals surface area contributed by atoms with Crippen molar-refractivity contribution in [2.24, 2.45) is 0 Å². The fourth-order valence-corrected chi connectivity index (χ4v) is 1.34. The van der Waals surface area contributed by atoms with Gasteiger partial charge in [0.1, 0.15) is 6.61 Å². The Morgan fingerprint density at radius 2 is 1.88 bits per heavy atom. The lowest BCUT2D eigenvalue weighted by molar-refractivity contribution is 0.111. The van der Waals surface area contributed by atoms with E-state index in [2.05, 4.69) is 0 Å². The average molecular weight is 297 g/mol. The number of hydrogen-bond acceptors (Lipinski definition) is 2. The van der Waals surface area contributed by atoms with Crippen LogP contribution in [0.4, 0.5) is 4.79 Å². The summed E-state index contributed by atoms with van der Waals surface area (Å²) in [6.45, 7) is 0.176. The molecule has 0 N–H and O–H groups in total. The molecule has 0 bridgehead atoms. The molecule has 1 aromatic rings. The number of carbonyl (C=O) groups excluding carboxylic acids is 1. The van der Waals surface area contributed by atoms with Gasteiger partial charge in [-0.2, -0.15) is 0 Å². The number of hydrogen-bond donors (Lipinski definition) is 0. The number of rotatable bonds is 3. The predicted octanol–water partition coefficient (Wildman–Crippen LogP) is 3.63. The highest BCUT2D eigenvalue weighted by Gasteiger charge is 2.23. The van der Waals surface area contributed by atoms with E-state index in [1.54, 1.807) is 7.05 Å². The van der Waals surface area contributed by atoms with Crippen molar-refractivity contribution in [3.8, 4) is 0 Å². The maximum atomic E-state index is 11.5. The van der Waals surface area contributed by atoms with Gasteiger partial charge in [0.25, 0.3) is 0 Å². The zero-order chi connectivity index (χ0) is 12.9. The molecule has 0 aromatic heterocycles. The van der Waals surface area contributed by atoms with E-state index in [4.69, 9.17) is 39.5 Å². The van der Waals surface area contributed by atoms with E-state index in [1.165, 1.54) is 4.90 Å². The molecule has 17 heavy (non-hydrogen) atoms. The molecule has 0 atom stereocenters. The van der Waals surface area contributed by atoms with E-state index in [0.717, 1.165) is 5.56 Å². The highest BCUT2D eigenvalue weighted by molar-refractivity contribution is 6.67. The number of amides is 1. The van der Waals surface area contributed by atoms with E-state index in [9.17, 15) is 4.79 Å². The molecule has 0 aliphatic heterocycles. The average Bonchev–Trinajstić information content (AvgIpc) is 2.26. The summed E-state index contributed by atoms with van der Waals surface area (Å²) in [6.07, 6.45) is -0.528. The molecular weight excluding hydrogens is 284 g/mol.